The second kappa shape index (κ2) is 12.8. The summed E-state index contributed by atoms with van der Waals surface area (Å²) in [6, 6.07) is 12.4. The van der Waals surface area contributed by atoms with E-state index in [4.69, 9.17) is 17.3 Å². The van der Waals surface area contributed by atoms with Crippen molar-refractivity contribution in [3.8, 4) is 0 Å². The van der Waals surface area contributed by atoms with Crippen molar-refractivity contribution >= 4 is 32.8 Å². The number of benzene rings is 2. The predicted molar refractivity (Wildman–Crippen MR) is 130 cm³/mol. The van der Waals surface area contributed by atoms with Gasteiger partial charge in [-0.15, -0.1) is 18.2 Å². The Hall–Kier alpha value is -2.83. The minimum atomic E-state index is -3.27. The summed E-state index contributed by atoms with van der Waals surface area (Å²) in [6.45, 7) is 8.99. The van der Waals surface area contributed by atoms with Gasteiger partial charge in [-0.05, 0) is 61.0 Å². The van der Waals surface area contributed by atoms with Crippen LogP contribution in [0.5, 0.6) is 0 Å². The number of rotatable bonds is 8. The van der Waals surface area contributed by atoms with Crippen LogP contribution < -0.4 is 10.6 Å². The molecule has 2 aromatic rings. The van der Waals surface area contributed by atoms with E-state index in [1.165, 1.54) is 18.4 Å². The van der Waals surface area contributed by atoms with Crippen molar-refractivity contribution in [2.24, 2.45) is 5.73 Å². The molecule has 0 amide bonds. The van der Waals surface area contributed by atoms with Crippen LogP contribution in [-0.2, 0) is 9.84 Å². The minimum absolute atomic E-state index is 0.0777. The third-order valence-corrected chi connectivity index (χ3v) is 5.44. The highest BCUT2D eigenvalue weighted by Crippen LogP contribution is 2.23. The van der Waals surface area contributed by atoms with Crippen molar-refractivity contribution in [3.63, 3.8) is 0 Å². The zero-order chi connectivity index (χ0) is 23.4. The number of hydrogen-bond acceptors (Lipinski definition) is 4. The Bertz CT molecular complexity index is 1010. The number of halogens is 2. The molecule has 2 N–H and O–H groups in total. The van der Waals surface area contributed by atoms with Gasteiger partial charge in [-0.1, -0.05) is 30.9 Å². The number of alkyl halides is 1. The lowest BCUT2D eigenvalue weighted by Crippen LogP contribution is -2.27. The van der Waals surface area contributed by atoms with Gasteiger partial charge in [-0.25, -0.2) is 12.8 Å². The number of anilines is 1. The molecule has 2 aromatic carbocycles. The van der Waals surface area contributed by atoms with E-state index in [-0.39, 0.29) is 16.8 Å². The maximum atomic E-state index is 13.1. The molecule has 31 heavy (non-hydrogen) atoms. The Kier molecular flexibility index (Phi) is 10.8. The number of hydrogen-bond donors (Lipinski definition) is 1. The minimum Gasteiger partial charge on any atom is -0.397 e. The van der Waals surface area contributed by atoms with Crippen LogP contribution in [0.4, 0.5) is 10.1 Å². The fourth-order valence-corrected chi connectivity index (χ4v) is 3.12. The second-order valence-corrected chi connectivity index (χ2v) is 8.89. The lowest BCUT2D eigenvalue weighted by molar-refractivity contribution is 0.602. The average Bonchev–Trinajstić information content (AvgIpc) is 2.75. The summed E-state index contributed by atoms with van der Waals surface area (Å²) in [4.78, 5) is 2.15. The molecule has 0 aliphatic rings. The Morgan fingerprint density at radius 3 is 2.16 bits per heavy atom. The molecule has 0 spiro atoms. The van der Waals surface area contributed by atoms with Crippen LogP contribution in [-0.4, -0.2) is 26.6 Å². The molecule has 0 aromatic heterocycles. The van der Waals surface area contributed by atoms with E-state index in [1.54, 1.807) is 54.8 Å². The summed E-state index contributed by atoms with van der Waals surface area (Å²) in [5, 5.41) is 0. The maximum Gasteiger partial charge on any atom is 0.175 e. The van der Waals surface area contributed by atoms with Gasteiger partial charge < -0.3 is 10.6 Å². The van der Waals surface area contributed by atoms with Gasteiger partial charge in [0.1, 0.15) is 5.82 Å². The quantitative estimate of drug-likeness (QED) is 0.318. The Morgan fingerprint density at radius 2 is 1.71 bits per heavy atom. The molecule has 0 aliphatic heterocycles. The summed E-state index contributed by atoms with van der Waals surface area (Å²) >= 11 is 5.07. The van der Waals surface area contributed by atoms with Gasteiger partial charge in [-0.2, -0.15) is 0 Å². The first-order chi connectivity index (χ1) is 14.6. The fraction of sp³-hybridized carbons (Fsp3) is 0.167. The van der Waals surface area contributed by atoms with E-state index in [1.807, 2.05) is 24.0 Å². The van der Waals surface area contributed by atoms with Crippen molar-refractivity contribution in [1.29, 1.82) is 0 Å². The van der Waals surface area contributed by atoms with Gasteiger partial charge in [0.2, 0.25) is 0 Å². The highest BCUT2D eigenvalue weighted by atomic mass is 35.5. The van der Waals surface area contributed by atoms with E-state index < -0.39 is 9.84 Å². The van der Waals surface area contributed by atoms with E-state index in [0.29, 0.717) is 17.1 Å². The Balaban J connectivity index is 0.00000110. The van der Waals surface area contributed by atoms with Gasteiger partial charge >= 0.3 is 0 Å². The van der Waals surface area contributed by atoms with Crippen LogP contribution in [0.3, 0.4) is 0 Å². The molecule has 0 bridgehead atoms. The molecule has 2 rings (SSSR count). The highest BCUT2D eigenvalue weighted by molar-refractivity contribution is 7.90. The molecular weight excluding hydrogens is 435 g/mol. The van der Waals surface area contributed by atoms with Gasteiger partial charge in [0.05, 0.1) is 10.6 Å². The summed E-state index contributed by atoms with van der Waals surface area (Å²) in [7, 11) is -3.27. The summed E-state index contributed by atoms with van der Waals surface area (Å²) < 4.78 is 36.5. The van der Waals surface area contributed by atoms with E-state index in [0.717, 1.165) is 5.69 Å². The first-order valence-electron chi connectivity index (χ1n) is 9.41. The lowest BCUT2D eigenvalue weighted by Gasteiger charge is -2.27. The predicted octanol–water partition coefficient (Wildman–Crippen LogP) is 5.53. The number of nitrogens with two attached hydrogens (primary N) is 1. The zero-order valence-electron chi connectivity index (χ0n) is 17.7. The zero-order valence-corrected chi connectivity index (χ0v) is 19.3. The van der Waals surface area contributed by atoms with Gasteiger partial charge in [-0.3, -0.25) is 0 Å². The van der Waals surface area contributed by atoms with Crippen molar-refractivity contribution in [3.05, 3.63) is 104 Å². The molecular formula is C24H28ClFN2O2S. The van der Waals surface area contributed by atoms with Crippen molar-refractivity contribution < 1.29 is 12.8 Å². The SMILES string of the molecule is C=C/C=C/C(C)N(/C=C(\N)c1ccc(F)cc1)c1ccc(S(C)(=O)=O)cc1.C=CCCl. The third-order valence-electron chi connectivity index (χ3n) is 4.09. The van der Waals surface area contributed by atoms with Gasteiger partial charge in [0.25, 0.3) is 0 Å². The van der Waals surface area contributed by atoms with Crippen LogP contribution in [0.15, 0.2) is 97.1 Å². The average molecular weight is 463 g/mol. The van der Waals surface area contributed by atoms with Crippen LogP contribution in [0, 0.1) is 5.82 Å². The van der Waals surface area contributed by atoms with Crippen molar-refractivity contribution in [2.75, 3.05) is 17.0 Å². The van der Waals surface area contributed by atoms with Crippen molar-refractivity contribution in [2.45, 2.75) is 17.9 Å². The first kappa shape index (κ1) is 26.2. The Labute approximate surface area is 189 Å². The molecule has 0 aliphatic carbocycles. The van der Waals surface area contributed by atoms with Crippen LogP contribution in [0.25, 0.3) is 5.70 Å². The molecule has 0 heterocycles. The van der Waals surface area contributed by atoms with Crippen LogP contribution >= 0.6 is 11.6 Å². The largest absolute Gasteiger partial charge is 0.397 e. The molecule has 4 nitrogen and oxygen atoms in total. The molecule has 7 heteroatoms. The topological polar surface area (TPSA) is 63.4 Å². The highest BCUT2D eigenvalue weighted by Gasteiger charge is 2.13. The Morgan fingerprint density at radius 1 is 1.16 bits per heavy atom. The standard InChI is InChI=1S/C21H23FN2O2S.C3H5Cl/c1-4-5-6-16(2)24(15-21(23)17-7-9-18(22)10-8-17)19-11-13-20(14-12-19)27(3,25)26;1-2-3-4/h4-16H,1,23H2,2-3H3;2H,1,3H2/b6-5+,21-15-;. The monoisotopic (exact) mass is 462 g/mol. The normalized spacial score (nSPS) is 12.6. The molecule has 0 fully saturated rings. The van der Waals surface area contributed by atoms with Crippen LogP contribution in [0.2, 0.25) is 0 Å². The van der Waals surface area contributed by atoms with E-state index in [2.05, 4.69) is 13.2 Å². The number of allylic oxidation sites excluding steroid dienone is 3. The van der Waals surface area contributed by atoms with Crippen molar-refractivity contribution in [1.82, 2.24) is 0 Å². The molecule has 0 saturated heterocycles. The molecule has 0 radical (unpaired) electrons. The molecule has 166 valence electrons. The molecule has 1 unspecified atom stereocenters. The summed E-state index contributed by atoms with van der Waals surface area (Å²) in [5.74, 6) is 0.224. The third kappa shape index (κ3) is 8.82. The number of nitrogens with zero attached hydrogens (tertiary/aromatic N) is 1. The maximum absolute atomic E-state index is 13.1. The second-order valence-electron chi connectivity index (χ2n) is 6.57. The lowest BCUT2D eigenvalue weighted by atomic mass is 10.1. The fourth-order valence-electron chi connectivity index (χ4n) is 2.49. The first-order valence-corrected chi connectivity index (χ1v) is 11.8. The van der Waals surface area contributed by atoms with Gasteiger partial charge in [0.15, 0.2) is 9.84 Å². The summed E-state index contributed by atoms with van der Waals surface area (Å²) in [5.41, 5.74) is 8.13. The van der Waals surface area contributed by atoms with E-state index in [9.17, 15) is 12.8 Å². The smallest absolute Gasteiger partial charge is 0.175 e. The van der Waals surface area contributed by atoms with Gasteiger partial charge in [0, 0.05) is 30.1 Å². The number of sulfone groups is 1. The molecule has 0 saturated carbocycles. The molecule has 1 atom stereocenters. The van der Waals surface area contributed by atoms with E-state index >= 15 is 0 Å². The van der Waals surface area contributed by atoms with Crippen LogP contribution in [0.1, 0.15) is 12.5 Å². The summed E-state index contributed by atoms with van der Waals surface area (Å²) in [6.07, 6.45) is 9.99.